The molecule has 4 rings (SSSR count). The van der Waals surface area contributed by atoms with Crippen molar-refractivity contribution in [2.24, 2.45) is 0 Å². The van der Waals surface area contributed by atoms with Crippen LogP contribution in [0.15, 0.2) is 36.4 Å². The lowest BCUT2D eigenvalue weighted by atomic mass is 10.0. The summed E-state index contributed by atoms with van der Waals surface area (Å²) in [6.07, 6.45) is 5.75. The molecule has 0 unspecified atom stereocenters. The summed E-state index contributed by atoms with van der Waals surface area (Å²) in [4.78, 5) is 24.6. The Hall–Kier alpha value is -2.62. The lowest BCUT2D eigenvalue weighted by Gasteiger charge is -2.14. The molecule has 0 saturated heterocycles. The molecular weight excluding hydrogens is 340 g/mol. The molecule has 0 aliphatic heterocycles. The first-order valence-corrected chi connectivity index (χ1v) is 9.70. The van der Waals surface area contributed by atoms with Crippen molar-refractivity contribution < 1.29 is 19.1 Å². The van der Waals surface area contributed by atoms with Crippen LogP contribution in [0.25, 0.3) is 0 Å². The number of benzene rings is 2. The highest BCUT2D eigenvalue weighted by atomic mass is 16.6. The number of carbonyl (C=O) groups excluding carboxylic acids is 2. The monoisotopic (exact) mass is 364 g/mol. The van der Waals surface area contributed by atoms with Crippen molar-refractivity contribution in [2.75, 3.05) is 6.61 Å². The summed E-state index contributed by atoms with van der Waals surface area (Å²) < 4.78 is 10.8. The van der Waals surface area contributed by atoms with Gasteiger partial charge in [0.2, 0.25) is 5.78 Å². The van der Waals surface area contributed by atoms with E-state index in [2.05, 4.69) is 6.07 Å². The predicted octanol–water partition coefficient (Wildman–Crippen LogP) is 3.86. The van der Waals surface area contributed by atoms with Crippen molar-refractivity contribution in [3.05, 3.63) is 64.2 Å². The zero-order valence-corrected chi connectivity index (χ0v) is 15.6. The third-order valence-corrected chi connectivity index (χ3v) is 5.49. The van der Waals surface area contributed by atoms with Crippen LogP contribution in [0, 0.1) is 0 Å². The third-order valence-electron chi connectivity index (χ3n) is 5.49. The molecule has 2 aliphatic rings. The Bertz CT molecular complexity index is 884. The number of ether oxygens (including phenoxy) is 2. The highest BCUT2D eigenvalue weighted by Gasteiger charge is 2.22. The summed E-state index contributed by atoms with van der Waals surface area (Å²) in [5.74, 6) is -0.0294. The Morgan fingerprint density at radius 2 is 1.52 bits per heavy atom. The summed E-state index contributed by atoms with van der Waals surface area (Å²) in [5.41, 5.74) is 5.81. The first kappa shape index (κ1) is 17.8. The fourth-order valence-electron chi connectivity index (χ4n) is 4.02. The number of fused-ring (bicyclic) bond motifs is 2. The van der Waals surface area contributed by atoms with Gasteiger partial charge in [-0.1, -0.05) is 18.2 Å². The number of aryl methyl sites for hydroxylation is 4. The van der Waals surface area contributed by atoms with Crippen molar-refractivity contribution in [1.29, 1.82) is 0 Å². The zero-order valence-electron chi connectivity index (χ0n) is 15.6. The van der Waals surface area contributed by atoms with Crippen LogP contribution in [-0.2, 0) is 35.2 Å². The summed E-state index contributed by atoms with van der Waals surface area (Å²) in [7, 11) is 0. The number of hydrogen-bond donors (Lipinski definition) is 0. The van der Waals surface area contributed by atoms with E-state index >= 15 is 0 Å². The first-order chi connectivity index (χ1) is 13.1. The van der Waals surface area contributed by atoms with Gasteiger partial charge in [-0.3, -0.25) is 4.79 Å². The zero-order chi connectivity index (χ0) is 18.8. The third kappa shape index (κ3) is 3.90. The van der Waals surface area contributed by atoms with Gasteiger partial charge in [-0.05, 0) is 85.9 Å². The topological polar surface area (TPSA) is 52.6 Å². The van der Waals surface area contributed by atoms with E-state index in [0.29, 0.717) is 11.3 Å². The van der Waals surface area contributed by atoms with E-state index in [9.17, 15) is 9.59 Å². The van der Waals surface area contributed by atoms with Gasteiger partial charge in [-0.2, -0.15) is 0 Å². The Labute approximate surface area is 159 Å². The van der Waals surface area contributed by atoms with E-state index in [-0.39, 0.29) is 12.4 Å². The highest BCUT2D eigenvalue weighted by molar-refractivity contribution is 6.00. The average molecular weight is 364 g/mol. The van der Waals surface area contributed by atoms with Crippen molar-refractivity contribution in [3.8, 4) is 5.75 Å². The largest absolute Gasteiger partial charge is 0.482 e. The smallest absolute Gasteiger partial charge is 0.344 e. The number of carbonyl (C=O) groups is 2. The fourth-order valence-corrected chi connectivity index (χ4v) is 4.02. The van der Waals surface area contributed by atoms with Gasteiger partial charge >= 0.3 is 5.97 Å². The van der Waals surface area contributed by atoms with Crippen LogP contribution in [0.5, 0.6) is 5.75 Å². The molecule has 0 N–H and O–H groups in total. The summed E-state index contributed by atoms with van der Waals surface area (Å²) in [6, 6.07) is 11.7. The Morgan fingerprint density at radius 1 is 0.889 bits per heavy atom. The minimum absolute atomic E-state index is 0.171. The molecule has 4 heteroatoms. The van der Waals surface area contributed by atoms with Gasteiger partial charge in [-0.15, -0.1) is 0 Å². The van der Waals surface area contributed by atoms with Gasteiger partial charge in [-0.25, -0.2) is 4.79 Å². The molecule has 27 heavy (non-hydrogen) atoms. The molecule has 0 bridgehead atoms. The first-order valence-electron chi connectivity index (χ1n) is 9.70. The number of Topliss-reactive ketones (excluding diaryl/α,β-unsaturated/α-hetero) is 1. The van der Waals surface area contributed by atoms with Crippen LogP contribution in [-0.4, -0.2) is 24.5 Å². The second kappa shape index (κ2) is 7.55. The van der Waals surface area contributed by atoms with E-state index in [1.807, 2.05) is 30.3 Å². The molecule has 1 atom stereocenters. The van der Waals surface area contributed by atoms with Crippen molar-refractivity contribution in [1.82, 2.24) is 0 Å². The second-order valence-electron chi connectivity index (χ2n) is 7.41. The Balaban J connectivity index is 1.31. The maximum absolute atomic E-state index is 12.6. The van der Waals surface area contributed by atoms with Crippen LogP contribution >= 0.6 is 0 Å². The Morgan fingerprint density at radius 3 is 2.26 bits per heavy atom. The number of rotatable bonds is 6. The molecule has 0 spiro atoms. The number of ketones is 1. The van der Waals surface area contributed by atoms with Gasteiger partial charge in [0, 0.05) is 5.56 Å². The summed E-state index contributed by atoms with van der Waals surface area (Å²) in [6.45, 7) is 1.42. The molecule has 2 aromatic rings. The van der Waals surface area contributed by atoms with Gasteiger partial charge < -0.3 is 9.47 Å². The Kier molecular flexibility index (Phi) is 4.97. The SMILES string of the molecule is C[C@H](OC(=O)COc1ccc2c(c1)CCC2)C(=O)c1ccc2c(c1)CCC2. The van der Waals surface area contributed by atoms with Gasteiger partial charge in [0.15, 0.2) is 12.7 Å². The molecule has 0 fully saturated rings. The molecule has 0 aromatic heterocycles. The lowest BCUT2D eigenvalue weighted by molar-refractivity contribution is -0.148. The van der Waals surface area contributed by atoms with Crippen LogP contribution in [0.3, 0.4) is 0 Å². The van der Waals surface area contributed by atoms with Crippen LogP contribution in [0.2, 0.25) is 0 Å². The molecule has 0 heterocycles. The van der Waals surface area contributed by atoms with Crippen LogP contribution in [0.1, 0.15) is 52.4 Å². The second-order valence-corrected chi connectivity index (χ2v) is 7.41. The molecule has 0 radical (unpaired) electrons. The minimum Gasteiger partial charge on any atom is -0.482 e. The maximum Gasteiger partial charge on any atom is 0.344 e. The number of esters is 1. The quantitative estimate of drug-likeness (QED) is 0.577. The van der Waals surface area contributed by atoms with Crippen molar-refractivity contribution in [2.45, 2.75) is 51.6 Å². The highest BCUT2D eigenvalue weighted by Crippen LogP contribution is 2.26. The van der Waals surface area contributed by atoms with Crippen LogP contribution in [0.4, 0.5) is 0 Å². The standard InChI is InChI=1S/C23H24O4/c1-15(23(25)20-9-8-16-4-2-6-18(16)12-20)27-22(24)14-26-21-11-10-17-5-3-7-19(17)13-21/h8-13,15H,2-7,14H2,1H3/t15-/m0/s1. The van der Waals surface area contributed by atoms with Gasteiger partial charge in [0.25, 0.3) is 0 Å². The van der Waals surface area contributed by atoms with Crippen molar-refractivity contribution >= 4 is 11.8 Å². The van der Waals surface area contributed by atoms with Crippen LogP contribution < -0.4 is 4.74 Å². The van der Waals surface area contributed by atoms with E-state index < -0.39 is 12.1 Å². The molecule has 2 aliphatic carbocycles. The maximum atomic E-state index is 12.6. The normalized spacial score (nSPS) is 15.7. The lowest BCUT2D eigenvalue weighted by Crippen LogP contribution is -2.27. The molecule has 4 nitrogen and oxygen atoms in total. The predicted molar refractivity (Wildman–Crippen MR) is 102 cm³/mol. The number of hydrogen-bond acceptors (Lipinski definition) is 4. The van der Waals surface area contributed by atoms with E-state index in [1.165, 1.54) is 28.7 Å². The summed E-state index contributed by atoms with van der Waals surface area (Å²) in [5, 5.41) is 0. The van der Waals surface area contributed by atoms with Gasteiger partial charge in [0.1, 0.15) is 5.75 Å². The van der Waals surface area contributed by atoms with E-state index in [1.54, 1.807) is 6.92 Å². The van der Waals surface area contributed by atoms with E-state index in [0.717, 1.165) is 32.1 Å². The fraction of sp³-hybridized carbons (Fsp3) is 0.391. The molecule has 0 saturated carbocycles. The molecule has 2 aromatic carbocycles. The average Bonchev–Trinajstić information content (AvgIpc) is 3.33. The van der Waals surface area contributed by atoms with Crippen molar-refractivity contribution in [3.63, 3.8) is 0 Å². The summed E-state index contributed by atoms with van der Waals surface area (Å²) >= 11 is 0. The molecule has 0 amide bonds. The molecule has 140 valence electrons. The minimum atomic E-state index is -0.819. The van der Waals surface area contributed by atoms with E-state index in [4.69, 9.17) is 9.47 Å². The van der Waals surface area contributed by atoms with Gasteiger partial charge in [0.05, 0.1) is 0 Å². The molecular formula is C23H24O4.